The Morgan fingerprint density at radius 1 is 1.31 bits per heavy atom. The van der Waals surface area contributed by atoms with Crippen molar-refractivity contribution < 1.29 is 31.4 Å². The average Bonchev–Trinajstić information content (AvgIpc) is 1.80. The largest absolute Gasteiger partial charge is 0.373 e. The van der Waals surface area contributed by atoms with Gasteiger partial charge in [0.05, 0.1) is 3.87 Å². The lowest BCUT2D eigenvalue weighted by atomic mass is 11.2. The second-order valence-corrected chi connectivity index (χ2v) is 4.60. The van der Waals surface area contributed by atoms with Crippen LogP contribution in [-0.4, -0.2) is 36.5 Å². The molecule has 0 heterocycles. The molecule has 78 valence electrons. The van der Waals surface area contributed by atoms with Gasteiger partial charge in [-0.2, -0.15) is 16.8 Å². The summed E-state index contributed by atoms with van der Waals surface area (Å²) in [6.07, 6.45) is 0. The van der Waals surface area contributed by atoms with Crippen molar-refractivity contribution in [2.75, 3.05) is 0 Å². The summed E-state index contributed by atoms with van der Waals surface area (Å²) >= 11 is 0. The summed E-state index contributed by atoms with van der Waals surface area (Å²) in [6, 6.07) is -1.62. The quantitative estimate of drug-likeness (QED) is 0.307. The van der Waals surface area contributed by atoms with Gasteiger partial charge in [0.15, 0.2) is 0 Å². The monoisotopic (exact) mass is 235 g/mol. The summed E-state index contributed by atoms with van der Waals surface area (Å²) in [7, 11) is -10.5. The maximum atomic E-state index is 10.5. The van der Waals surface area contributed by atoms with E-state index in [0.29, 0.717) is 0 Å². The maximum Gasteiger partial charge on any atom is 0.373 e. The molecule has 0 rings (SSSR count). The number of hydrogen-bond acceptors (Lipinski definition) is 6. The Bertz CT molecular complexity index is 391. The standard InChI is InChI=1S/CH5N3O7S2/c2-1(5)3-12(7,8)4(6)13(9,10)11/h6H,(H3,2,3,5)(H,9,10,11). The minimum absolute atomic E-state index is 0.873. The molecule has 0 aromatic heterocycles. The summed E-state index contributed by atoms with van der Waals surface area (Å²) in [5.74, 6) is 0. The molecule has 0 atom stereocenters. The first-order valence-electron chi connectivity index (χ1n) is 2.36. The number of nitrogens with one attached hydrogen (secondary N) is 1. The minimum atomic E-state index is -5.38. The smallest absolute Gasteiger partial charge is 0.351 e. The zero-order valence-electron chi connectivity index (χ0n) is 5.78. The van der Waals surface area contributed by atoms with Crippen molar-refractivity contribution in [1.29, 1.82) is 0 Å². The Balaban J connectivity index is 4.99. The molecule has 0 aromatic rings. The second kappa shape index (κ2) is 3.43. The number of hydrogen-bond donors (Lipinski definition) is 4. The molecule has 0 bridgehead atoms. The van der Waals surface area contributed by atoms with Gasteiger partial charge < -0.3 is 5.73 Å². The minimum Gasteiger partial charge on any atom is -0.351 e. The van der Waals surface area contributed by atoms with Crippen LogP contribution >= 0.6 is 0 Å². The summed E-state index contributed by atoms with van der Waals surface area (Å²) in [5.41, 5.74) is 4.32. The van der Waals surface area contributed by atoms with Crippen molar-refractivity contribution in [1.82, 2.24) is 8.60 Å². The van der Waals surface area contributed by atoms with Crippen molar-refractivity contribution in [2.24, 2.45) is 5.73 Å². The highest BCUT2D eigenvalue weighted by molar-refractivity contribution is 8.00. The molecule has 0 saturated carbocycles. The molecule has 0 aliphatic carbocycles. The van der Waals surface area contributed by atoms with Crippen molar-refractivity contribution in [3.63, 3.8) is 0 Å². The number of carbonyl (C=O) groups is 1. The Kier molecular flexibility index (Phi) is 3.18. The van der Waals surface area contributed by atoms with E-state index in [1.165, 1.54) is 0 Å². The number of urea groups is 1. The summed E-state index contributed by atoms with van der Waals surface area (Å²) in [4.78, 5) is 9.96. The molecule has 0 fully saturated rings. The third kappa shape index (κ3) is 3.51. The predicted molar refractivity (Wildman–Crippen MR) is 36.8 cm³/mol. The van der Waals surface area contributed by atoms with Crippen LogP contribution in [0.1, 0.15) is 0 Å². The fourth-order valence-corrected chi connectivity index (χ4v) is 1.73. The van der Waals surface area contributed by atoms with E-state index in [2.05, 4.69) is 5.73 Å². The molecule has 0 spiro atoms. The normalized spacial score (nSPS) is 12.8. The van der Waals surface area contributed by atoms with Crippen molar-refractivity contribution in [2.45, 2.75) is 0 Å². The van der Waals surface area contributed by atoms with E-state index in [9.17, 15) is 21.6 Å². The topological polar surface area (TPSA) is 167 Å². The van der Waals surface area contributed by atoms with Gasteiger partial charge in [-0.05, 0) is 0 Å². The number of nitrogens with two attached hydrogens (primary N) is 1. The second-order valence-electron chi connectivity index (χ2n) is 1.63. The molecule has 12 heteroatoms. The number of primary amides is 1. The lowest BCUT2D eigenvalue weighted by Gasteiger charge is -2.09. The average molecular weight is 235 g/mol. The fraction of sp³-hybridized carbons (Fsp3) is 0. The first-order valence-corrected chi connectivity index (χ1v) is 5.20. The molecule has 2 amide bonds. The zero-order valence-corrected chi connectivity index (χ0v) is 7.41. The summed E-state index contributed by atoms with van der Waals surface area (Å²) < 4.78 is 48.5. The SMILES string of the molecule is NC(=O)NS(=O)(=O)N(O)S(=O)(=O)O. The maximum absolute atomic E-state index is 10.5. The van der Waals surface area contributed by atoms with Gasteiger partial charge in [-0.15, -0.1) is 0 Å². The molecule has 10 nitrogen and oxygen atoms in total. The van der Waals surface area contributed by atoms with Crippen molar-refractivity contribution in [3.05, 3.63) is 0 Å². The fourth-order valence-electron chi connectivity index (χ4n) is 0.290. The highest BCUT2D eigenvalue weighted by atomic mass is 32.3. The summed E-state index contributed by atoms with van der Waals surface area (Å²) in [6.45, 7) is 0. The van der Waals surface area contributed by atoms with E-state index in [1.807, 2.05) is 0 Å². The van der Waals surface area contributed by atoms with Crippen LogP contribution in [-0.2, 0) is 20.5 Å². The molecule has 0 unspecified atom stereocenters. The molecular formula is CH5N3O7S2. The van der Waals surface area contributed by atoms with Gasteiger partial charge in [0.2, 0.25) is 0 Å². The lowest BCUT2D eigenvalue weighted by molar-refractivity contribution is 0.0814. The Labute approximate surface area is 73.0 Å². The van der Waals surface area contributed by atoms with Gasteiger partial charge in [-0.25, -0.2) is 9.52 Å². The third-order valence-corrected chi connectivity index (χ3v) is 3.05. The van der Waals surface area contributed by atoms with Crippen LogP contribution in [0.5, 0.6) is 0 Å². The molecule has 0 radical (unpaired) electrons. The Morgan fingerprint density at radius 2 is 1.69 bits per heavy atom. The molecular weight excluding hydrogens is 230 g/mol. The predicted octanol–water partition coefficient (Wildman–Crippen LogP) is -2.61. The molecule has 0 saturated heterocycles. The molecule has 0 aromatic carbocycles. The van der Waals surface area contributed by atoms with Gasteiger partial charge in [0, 0.05) is 0 Å². The molecule has 0 aliphatic rings. The first-order chi connectivity index (χ1) is 5.57. The molecule has 0 aliphatic heterocycles. The van der Waals surface area contributed by atoms with Crippen molar-refractivity contribution in [3.8, 4) is 0 Å². The third-order valence-electron chi connectivity index (χ3n) is 0.633. The van der Waals surface area contributed by atoms with Gasteiger partial charge in [-0.3, -0.25) is 9.76 Å². The van der Waals surface area contributed by atoms with Gasteiger partial charge in [0.1, 0.15) is 0 Å². The first kappa shape index (κ1) is 12.0. The van der Waals surface area contributed by atoms with Crippen LogP contribution < -0.4 is 10.5 Å². The van der Waals surface area contributed by atoms with Gasteiger partial charge >= 0.3 is 26.5 Å². The van der Waals surface area contributed by atoms with Crippen LogP contribution in [0.25, 0.3) is 0 Å². The van der Waals surface area contributed by atoms with E-state index in [0.717, 1.165) is 4.72 Å². The molecule has 13 heavy (non-hydrogen) atoms. The van der Waals surface area contributed by atoms with E-state index in [-0.39, 0.29) is 0 Å². The van der Waals surface area contributed by atoms with E-state index in [1.54, 1.807) is 0 Å². The number of rotatable bonds is 3. The lowest BCUT2D eigenvalue weighted by Crippen LogP contribution is -2.46. The van der Waals surface area contributed by atoms with Gasteiger partial charge in [-0.1, -0.05) is 0 Å². The molecule has 5 N–H and O–H groups in total. The Hall–Kier alpha value is -0.950. The van der Waals surface area contributed by atoms with Crippen LogP contribution in [0.2, 0.25) is 0 Å². The van der Waals surface area contributed by atoms with Gasteiger partial charge in [0.25, 0.3) is 0 Å². The van der Waals surface area contributed by atoms with Crippen LogP contribution in [0, 0.1) is 0 Å². The van der Waals surface area contributed by atoms with Crippen LogP contribution in [0.15, 0.2) is 0 Å². The van der Waals surface area contributed by atoms with Crippen LogP contribution in [0.4, 0.5) is 4.79 Å². The van der Waals surface area contributed by atoms with E-state index < -0.39 is 30.4 Å². The summed E-state index contributed by atoms with van der Waals surface area (Å²) in [5, 5.41) is 8.30. The van der Waals surface area contributed by atoms with Crippen molar-refractivity contribution >= 4 is 26.5 Å². The number of carbonyl (C=O) groups excluding carboxylic acids is 1. The highest BCUT2D eigenvalue weighted by Crippen LogP contribution is 1.98. The highest BCUT2D eigenvalue weighted by Gasteiger charge is 2.32. The van der Waals surface area contributed by atoms with E-state index >= 15 is 0 Å². The number of amides is 2. The van der Waals surface area contributed by atoms with Crippen LogP contribution in [0.3, 0.4) is 0 Å². The zero-order chi connectivity index (χ0) is 10.9. The number of nitrogens with zero attached hydrogens (tertiary/aromatic N) is 1. The Morgan fingerprint density at radius 3 is 1.92 bits per heavy atom. The van der Waals surface area contributed by atoms with E-state index in [4.69, 9.17) is 9.76 Å².